The maximum Gasteiger partial charge on any atom is 0.313 e. The van der Waals surface area contributed by atoms with Crippen LogP contribution in [-0.4, -0.2) is 36.5 Å². The molecule has 1 aromatic carbocycles. The van der Waals surface area contributed by atoms with Crippen molar-refractivity contribution in [2.24, 2.45) is 5.92 Å². The summed E-state index contributed by atoms with van der Waals surface area (Å²) in [5.74, 6) is -4.13. The SMILES string of the molecule is O=C(Nc1cccc(F)c1F)C(=O)N1CC(CCF)C1. The highest BCUT2D eigenvalue weighted by Gasteiger charge is 2.33. The summed E-state index contributed by atoms with van der Waals surface area (Å²) in [6, 6.07) is 3.29. The minimum absolute atomic E-state index is 0.0580. The van der Waals surface area contributed by atoms with E-state index in [9.17, 15) is 22.8 Å². The maximum absolute atomic E-state index is 13.3. The fourth-order valence-electron chi connectivity index (χ4n) is 1.99. The molecule has 20 heavy (non-hydrogen) atoms. The lowest BCUT2D eigenvalue weighted by atomic mass is 9.97. The van der Waals surface area contributed by atoms with E-state index in [2.05, 4.69) is 0 Å². The molecule has 0 radical (unpaired) electrons. The van der Waals surface area contributed by atoms with Crippen molar-refractivity contribution in [3.63, 3.8) is 0 Å². The van der Waals surface area contributed by atoms with Crippen LogP contribution >= 0.6 is 0 Å². The van der Waals surface area contributed by atoms with Gasteiger partial charge in [0.25, 0.3) is 0 Å². The summed E-state index contributed by atoms with van der Waals surface area (Å²) in [5, 5.41) is 2.03. The van der Waals surface area contributed by atoms with Crippen LogP contribution in [0.1, 0.15) is 6.42 Å². The number of rotatable bonds is 3. The molecule has 7 heteroatoms. The lowest BCUT2D eigenvalue weighted by Gasteiger charge is -2.38. The Bertz CT molecular complexity index is 530. The summed E-state index contributed by atoms with van der Waals surface area (Å²) in [6.45, 7) is 0.150. The molecule has 0 aliphatic carbocycles. The molecule has 0 unspecified atom stereocenters. The fraction of sp³-hybridized carbons (Fsp3) is 0.385. The molecule has 1 fully saturated rings. The number of nitrogens with one attached hydrogen (secondary N) is 1. The number of carbonyl (C=O) groups is 2. The molecule has 1 saturated heterocycles. The molecule has 0 aromatic heterocycles. The normalized spacial score (nSPS) is 14.8. The molecule has 0 atom stereocenters. The van der Waals surface area contributed by atoms with Crippen LogP contribution in [0.2, 0.25) is 0 Å². The number of amides is 2. The van der Waals surface area contributed by atoms with Gasteiger partial charge in [-0.2, -0.15) is 0 Å². The van der Waals surface area contributed by atoms with E-state index in [0.717, 1.165) is 12.1 Å². The van der Waals surface area contributed by atoms with Crippen molar-refractivity contribution in [3.8, 4) is 0 Å². The van der Waals surface area contributed by atoms with Gasteiger partial charge in [0.05, 0.1) is 12.4 Å². The van der Waals surface area contributed by atoms with E-state index in [1.54, 1.807) is 0 Å². The quantitative estimate of drug-likeness (QED) is 0.860. The number of carbonyl (C=O) groups excluding carboxylic acids is 2. The monoisotopic (exact) mass is 286 g/mol. The maximum atomic E-state index is 13.3. The van der Waals surface area contributed by atoms with Crippen LogP contribution in [0.25, 0.3) is 0 Å². The van der Waals surface area contributed by atoms with E-state index in [4.69, 9.17) is 0 Å². The van der Waals surface area contributed by atoms with E-state index in [1.165, 1.54) is 11.0 Å². The number of likely N-dealkylation sites (tertiary alicyclic amines) is 1. The minimum Gasteiger partial charge on any atom is -0.334 e. The standard InChI is InChI=1S/C13H13F3N2O2/c14-5-4-8-6-18(7-8)13(20)12(19)17-10-3-1-2-9(15)11(10)16/h1-3,8H,4-7H2,(H,17,19). The van der Waals surface area contributed by atoms with Gasteiger partial charge in [0.15, 0.2) is 11.6 Å². The smallest absolute Gasteiger partial charge is 0.313 e. The van der Waals surface area contributed by atoms with E-state index >= 15 is 0 Å². The Balaban J connectivity index is 1.92. The van der Waals surface area contributed by atoms with Gasteiger partial charge in [0.2, 0.25) is 0 Å². The molecular weight excluding hydrogens is 273 g/mol. The fourth-order valence-corrected chi connectivity index (χ4v) is 1.99. The lowest BCUT2D eigenvalue weighted by molar-refractivity contribution is -0.147. The first-order chi connectivity index (χ1) is 9.52. The van der Waals surface area contributed by atoms with Crippen molar-refractivity contribution in [3.05, 3.63) is 29.8 Å². The highest BCUT2D eigenvalue weighted by molar-refractivity contribution is 6.39. The molecule has 2 amide bonds. The van der Waals surface area contributed by atoms with Crippen molar-refractivity contribution < 1.29 is 22.8 Å². The summed E-state index contributed by atoms with van der Waals surface area (Å²) < 4.78 is 38.3. The average molecular weight is 286 g/mol. The second kappa shape index (κ2) is 5.94. The Morgan fingerprint density at radius 2 is 2.00 bits per heavy atom. The van der Waals surface area contributed by atoms with Crippen molar-refractivity contribution in [2.75, 3.05) is 25.1 Å². The predicted molar refractivity (Wildman–Crippen MR) is 65.6 cm³/mol. The lowest BCUT2D eigenvalue weighted by Crippen LogP contribution is -2.53. The van der Waals surface area contributed by atoms with E-state index in [1.807, 2.05) is 5.32 Å². The zero-order valence-electron chi connectivity index (χ0n) is 10.5. The Morgan fingerprint density at radius 3 is 2.65 bits per heavy atom. The largest absolute Gasteiger partial charge is 0.334 e. The first kappa shape index (κ1) is 14.4. The molecule has 2 rings (SSSR count). The number of halogens is 3. The van der Waals surface area contributed by atoms with Crippen molar-refractivity contribution >= 4 is 17.5 Å². The Kier molecular flexibility index (Phi) is 4.26. The Morgan fingerprint density at radius 1 is 1.30 bits per heavy atom. The molecule has 0 bridgehead atoms. The van der Waals surface area contributed by atoms with Gasteiger partial charge in [-0.15, -0.1) is 0 Å². The van der Waals surface area contributed by atoms with Crippen LogP contribution in [-0.2, 0) is 9.59 Å². The third-order valence-corrected chi connectivity index (χ3v) is 3.16. The minimum atomic E-state index is -1.22. The molecule has 108 valence electrons. The number of hydrogen-bond donors (Lipinski definition) is 1. The van der Waals surface area contributed by atoms with Crippen LogP contribution in [0.15, 0.2) is 18.2 Å². The first-order valence-corrected chi connectivity index (χ1v) is 6.13. The second-order valence-corrected chi connectivity index (χ2v) is 4.61. The molecule has 0 saturated carbocycles. The molecule has 4 nitrogen and oxygen atoms in total. The number of hydrogen-bond acceptors (Lipinski definition) is 2. The van der Waals surface area contributed by atoms with Crippen LogP contribution in [0, 0.1) is 17.6 Å². The molecule has 1 N–H and O–H groups in total. The summed E-state index contributed by atoms with van der Waals surface area (Å²) in [4.78, 5) is 24.5. The van der Waals surface area contributed by atoms with Gasteiger partial charge < -0.3 is 10.2 Å². The highest BCUT2D eigenvalue weighted by atomic mass is 19.2. The van der Waals surface area contributed by atoms with Gasteiger partial charge in [-0.1, -0.05) is 6.07 Å². The van der Waals surface area contributed by atoms with Crippen molar-refractivity contribution in [1.82, 2.24) is 4.90 Å². The topological polar surface area (TPSA) is 49.4 Å². The molecular formula is C13H13F3N2O2. The van der Waals surface area contributed by atoms with Gasteiger partial charge >= 0.3 is 11.8 Å². The van der Waals surface area contributed by atoms with Gasteiger partial charge in [0, 0.05) is 13.1 Å². The van der Waals surface area contributed by atoms with Crippen molar-refractivity contribution in [2.45, 2.75) is 6.42 Å². The Labute approximate surface area is 113 Å². The summed E-state index contributed by atoms with van der Waals surface area (Å²) >= 11 is 0. The number of alkyl halides is 1. The number of benzene rings is 1. The van der Waals surface area contributed by atoms with Crippen LogP contribution < -0.4 is 5.32 Å². The molecule has 1 heterocycles. The van der Waals surface area contributed by atoms with E-state index in [0.29, 0.717) is 19.5 Å². The molecule has 1 aliphatic rings. The van der Waals surface area contributed by atoms with E-state index < -0.39 is 30.1 Å². The predicted octanol–water partition coefficient (Wildman–Crippen LogP) is 1.72. The third kappa shape index (κ3) is 2.92. The van der Waals surface area contributed by atoms with Gasteiger partial charge in [-0.25, -0.2) is 8.78 Å². The molecule has 0 spiro atoms. The van der Waals surface area contributed by atoms with Gasteiger partial charge in [0.1, 0.15) is 0 Å². The van der Waals surface area contributed by atoms with Crippen LogP contribution in [0.4, 0.5) is 18.9 Å². The Hall–Kier alpha value is -2.05. The number of nitrogens with zero attached hydrogens (tertiary/aromatic N) is 1. The van der Waals surface area contributed by atoms with Gasteiger partial charge in [-0.05, 0) is 24.5 Å². The summed E-state index contributed by atoms with van der Waals surface area (Å²) in [5.41, 5.74) is -0.385. The van der Waals surface area contributed by atoms with Gasteiger partial charge in [-0.3, -0.25) is 14.0 Å². The second-order valence-electron chi connectivity index (χ2n) is 4.61. The summed E-state index contributed by atoms with van der Waals surface area (Å²) in [7, 11) is 0. The number of anilines is 1. The molecule has 1 aromatic rings. The highest BCUT2D eigenvalue weighted by Crippen LogP contribution is 2.20. The third-order valence-electron chi connectivity index (χ3n) is 3.16. The summed E-state index contributed by atoms with van der Waals surface area (Å²) in [6.07, 6.45) is 0.351. The van der Waals surface area contributed by atoms with E-state index in [-0.39, 0.29) is 11.6 Å². The average Bonchev–Trinajstić information content (AvgIpc) is 2.38. The van der Waals surface area contributed by atoms with Crippen LogP contribution in [0.5, 0.6) is 0 Å². The van der Waals surface area contributed by atoms with Crippen molar-refractivity contribution in [1.29, 1.82) is 0 Å². The zero-order valence-corrected chi connectivity index (χ0v) is 10.5. The molecule has 1 aliphatic heterocycles. The van der Waals surface area contributed by atoms with Crippen LogP contribution in [0.3, 0.4) is 0 Å². The zero-order chi connectivity index (χ0) is 14.7. The first-order valence-electron chi connectivity index (χ1n) is 6.13.